The molecule has 100 valence electrons. The van der Waals surface area contributed by atoms with E-state index in [0.29, 0.717) is 5.92 Å². The van der Waals surface area contributed by atoms with Gasteiger partial charge in [0, 0.05) is 28.9 Å². The van der Waals surface area contributed by atoms with Gasteiger partial charge in [0.1, 0.15) is 0 Å². The van der Waals surface area contributed by atoms with Crippen molar-refractivity contribution in [2.45, 2.75) is 44.8 Å². The molecule has 1 aliphatic heterocycles. The Morgan fingerprint density at radius 3 is 3.06 bits per heavy atom. The lowest BCUT2D eigenvalue weighted by Crippen LogP contribution is -2.23. The number of halogens is 1. The molecule has 0 N–H and O–H groups in total. The molecule has 2 heterocycles. The number of pyridine rings is 1. The number of hydrogen-bond donors (Lipinski definition) is 0. The molecule has 3 nitrogen and oxygen atoms in total. The van der Waals surface area contributed by atoms with Crippen LogP contribution in [0.5, 0.6) is 0 Å². The molecule has 0 aliphatic carbocycles. The Morgan fingerprint density at radius 1 is 1.50 bits per heavy atom. The summed E-state index contributed by atoms with van der Waals surface area (Å²) in [5, 5.41) is 0. The van der Waals surface area contributed by atoms with Gasteiger partial charge in [-0.15, -0.1) is 0 Å². The van der Waals surface area contributed by atoms with Crippen LogP contribution in [0.4, 0.5) is 0 Å². The molecule has 1 fully saturated rings. The highest BCUT2D eigenvalue weighted by molar-refractivity contribution is 9.10. The van der Waals surface area contributed by atoms with Gasteiger partial charge in [-0.25, -0.2) is 0 Å². The Balaban J connectivity index is 1.70. The molecule has 0 amide bonds. The lowest BCUT2D eigenvalue weighted by Gasteiger charge is -2.23. The zero-order valence-corrected chi connectivity index (χ0v) is 12.4. The van der Waals surface area contributed by atoms with E-state index in [0.717, 1.165) is 36.2 Å². The van der Waals surface area contributed by atoms with E-state index in [1.165, 1.54) is 12.8 Å². The molecule has 1 aromatic heterocycles. The normalized spacial score (nSPS) is 21.8. The molecule has 0 spiro atoms. The highest BCUT2D eigenvalue weighted by Crippen LogP contribution is 2.20. The first-order valence-electron chi connectivity index (χ1n) is 6.60. The summed E-state index contributed by atoms with van der Waals surface area (Å²) in [6, 6.07) is 4.09. The molecular formula is C14H20BrNO2. The van der Waals surface area contributed by atoms with Crippen molar-refractivity contribution in [2.75, 3.05) is 13.2 Å². The molecular weight excluding hydrogens is 294 g/mol. The van der Waals surface area contributed by atoms with E-state index in [2.05, 4.69) is 33.9 Å². The number of nitrogens with zero attached hydrogens (tertiary/aromatic N) is 1. The van der Waals surface area contributed by atoms with Gasteiger partial charge in [0.05, 0.1) is 6.61 Å². The molecule has 18 heavy (non-hydrogen) atoms. The first kappa shape index (κ1) is 14.0. The van der Waals surface area contributed by atoms with Crippen molar-refractivity contribution in [1.82, 2.24) is 4.98 Å². The SMILES string of the molecule is CC(CCOC1CCCCO1)c1ccc(Br)cn1. The van der Waals surface area contributed by atoms with Gasteiger partial charge < -0.3 is 9.47 Å². The monoisotopic (exact) mass is 313 g/mol. The number of aromatic nitrogens is 1. The minimum absolute atomic E-state index is 0.0174. The molecule has 2 atom stereocenters. The predicted molar refractivity (Wildman–Crippen MR) is 74.5 cm³/mol. The van der Waals surface area contributed by atoms with Crippen LogP contribution in [0.25, 0.3) is 0 Å². The summed E-state index contributed by atoms with van der Waals surface area (Å²) in [6.07, 6.45) is 6.26. The van der Waals surface area contributed by atoms with Gasteiger partial charge in [-0.3, -0.25) is 4.98 Å². The van der Waals surface area contributed by atoms with E-state index in [1.54, 1.807) is 0 Å². The molecule has 1 saturated heterocycles. The van der Waals surface area contributed by atoms with Gasteiger partial charge in [-0.05, 0) is 53.7 Å². The van der Waals surface area contributed by atoms with Gasteiger partial charge in [0.2, 0.25) is 0 Å². The number of hydrogen-bond acceptors (Lipinski definition) is 3. The maximum absolute atomic E-state index is 5.74. The van der Waals surface area contributed by atoms with E-state index < -0.39 is 0 Å². The molecule has 2 unspecified atom stereocenters. The quantitative estimate of drug-likeness (QED) is 0.826. The Hall–Kier alpha value is -0.450. The molecule has 1 aliphatic rings. The Kier molecular flexibility index (Phi) is 5.60. The van der Waals surface area contributed by atoms with Crippen molar-refractivity contribution in [2.24, 2.45) is 0 Å². The minimum atomic E-state index is 0.0174. The summed E-state index contributed by atoms with van der Waals surface area (Å²) in [4.78, 5) is 4.41. The van der Waals surface area contributed by atoms with Crippen molar-refractivity contribution < 1.29 is 9.47 Å². The summed E-state index contributed by atoms with van der Waals surface area (Å²) in [6.45, 7) is 3.76. The van der Waals surface area contributed by atoms with Gasteiger partial charge in [0.25, 0.3) is 0 Å². The van der Waals surface area contributed by atoms with Crippen LogP contribution in [0.1, 0.15) is 44.2 Å². The smallest absolute Gasteiger partial charge is 0.157 e. The highest BCUT2D eigenvalue weighted by Gasteiger charge is 2.14. The van der Waals surface area contributed by atoms with Crippen LogP contribution in [0.2, 0.25) is 0 Å². The first-order valence-corrected chi connectivity index (χ1v) is 7.39. The first-order chi connectivity index (χ1) is 8.75. The second-order valence-corrected chi connectivity index (χ2v) is 5.67. The second-order valence-electron chi connectivity index (χ2n) is 4.76. The van der Waals surface area contributed by atoms with Gasteiger partial charge in [-0.1, -0.05) is 6.92 Å². The average molecular weight is 314 g/mol. The van der Waals surface area contributed by atoms with Gasteiger partial charge in [-0.2, -0.15) is 0 Å². The molecule has 1 aromatic rings. The fourth-order valence-corrected chi connectivity index (χ4v) is 2.28. The fraction of sp³-hybridized carbons (Fsp3) is 0.643. The van der Waals surface area contributed by atoms with Crippen LogP contribution in [-0.2, 0) is 9.47 Å². The largest absolute Gasteiger partial charge is 0.353 e. The second kappa shape index (κ2) is 7.22. The third-order valence-corrected chi connectivity index (χ3v) is 3.72. The molecule has 0 bridgehead atoms. The topological polar surface area (TPSA) is 31.4 Å². The summed E-state index contributed by atoms with van der Waals surface area (Å²) < 4.78 is 12.3. The van der Waals surface area contributed by atoms with Crippen molar-refractivity contribution in [3.63, 3.8) is 0 Å². The lowest BCUT2D eigenvalue weighted by atomic mass is 10.0. The number of ether oxygens (including phenoxy) is 2. The fourth-order valence-electron chi connectivity index (χ4n) is 2.05. The van der Waals surface area contributed by atoms with Crippen molar-refractivity contribution >= 4 is 15.9 Å². The van der Waals surface area contributed by atoms with Crippen LogP contribution in [0.15, 0.2) is 22.8 Å². The van der Waals surface area contributed by atoms with E-state index in [4.69, 9.17) is 9.47 Å². The maximum atomic E-state index is 5.74. The molecule has 0 aromatic carbocycles. The summed E-state index contributed by atoms with van der Waals surface area (Å²) in [5.41, 5.74) is 1.12. The molecule has 0 radical (unpaired) electrons. The average Bonchev–Trinajstić information content (AvgIpc) is 2.40. The Bertz CT molecular complexity index is 349. The van der Waals surface area contributed by atoms with Gasteiger partial charge in [0.15, 0.2) is 6.29 Å². The summed E-state index contributed by atoms with van der Waals surface area (Å²) in [7, 11) is 0. The maximum Gasteiger partial charge on any atom is 0.157 e. The highest BCUT2D eigenvalue weighted by atomic mass is 79.9. The van der Waals surface area contributed by atoms with E-state index >= 15 is 0 Å². The van der Waals surface area contributed by atoms with Crippen LogP contribution in [0, 0.1) is 0 Å². The van der Waals surface area contributed by atoms with Crippen LogP contribution in [-0.4, -0.2) is 24.5 Å². The van der Waals surface area contributed by atoms with Crippen molar-refractivity contribution in [3.05, 3.63) is 28.5 Å². The zero-order chi connectivity index (χ0) is 12.8. The standard InChI is InChI=1S/C14H20BrNO2/c1-11(13-6-5-12(15)10-16-13)7-9-18-14-4-2-3-8-17-14/h5-6,10-11,14H,2-4,7-9H2,1H3. The predicted octanol–water partition coefficient (Wildman–Crippen LogP) is 3.88. The summed E-state index contributed by atoms with van der Waals surface area (Å²) >= 11 is 3.40. The molecule has 0 saturated carbocycles. The Morgan fingerprint density at radius 2 is 2.39 bits per heavy atom. The Labute approximate surface area is 117 Å². The lowest BCUT2D eigenvalue weighted by molar-refractivity contribution is -0.163. The van der Waals surface area contributed by atoms with E-state index in [-0.39, 0.29) is 6.29 Å². The molecule has 4 heteroatoms. The minimum Gasteiger partial charge on any atom is -0.353 e. The van der Waals surface area contributed by atoms with Gasteiger partial charge >= 0.3 is 0 Å². The van der Waals surface area contributed by atoms with Crippen molar-refractivity contribution in [3.8, 4) is 0 Å². The zero-order valence-electron chi connectivity index (χ0n) is 10.8. The van der Waals surface area contributed by atoms with E-state index in [1.807, 2.05) is 12.3 Å². The van der Waals surface area contributed by atoms with Crippen molar-refractivity contribution in [1.29, 1.82) is 0 Å². The van der Waals surface area contributed by atoms with Crippen LogP contribution >= 0.6 is 15.9 Å². The molecule has 2 rings (SSSR count). The summed E-state index contributed by atoms with van der Waals surface area (Å²) in [5.74, 6) is 0.418. The third-order valence-electron chi connectivity index (χ3n) is 3.25. The van der Waals surface area contributed by atoms with Crippen LogP contribution < -0.4 is 0 Å². The third kappa shape index (κ3) is 4.34. The van der Waals surface area contributed by atoms with Crippen LogP contribution in [0.3, 0.4) is 0 Å². The number of rotatable bonds is 5. The van der Waals surface area contributed by atoms with E-state index in [9.17, 15) is 0 Å².